The molecule has 0 spiro atoms. The molecule has 3 nitrogen and oxygen atoms in total. The lowest BCUT2D eigenvalue weighted by Gasteiger charge is -2.32. The molecule has 0 unspecified atom stereocenters. The molecule has 0 saturated carbocycles. The highest BCUT2D eigenvalue weighted by Gasteiger charge is 2.21. The molecule has 0 radical (unpaired) electrons. The van der Waals surface area contributed by atoms with E-state index in [0.29, 0.717) is 12.0 Å². The van der Waals surface area contributed by atoms with Crippen molar-refractivity contribution in [2.24, 2.45) is 5.92 Å². The zero-order valence-electron chi connectivity index (χ0n) is 12.3. The Morgan fingerprint density at radius 2 is 1.76 bits per heavy atom. The molecular weight excluding hydrogens is 212 g/mol. The van der Waals surface area contributed by atoms with Crippen molar-refractivity contribution in [3.8, 4) is 0 Å². The maximum atomic E-state index is 12.1. The van der Waals surface area contributed by atoms with Gasteiger partial charge in [0, 0.05) is 19.1 Å². The summed E-state index contributed by atoms with van der Waals surface area (Å²) in [6.07, 6.45) is 4.24. The molecule has 2 amide bonds. The van der Waals surface area contributed by atoms with E-state index in [-0.39, 0.29) is 6.03 Å². The molecule has 0 atom stereocenters. The van der Waals surface area contributed by atoms with Crippen LogP contribution in [0.1, 0.15) is 60.3 Å². The van der Waals surface area contributed by atoms with Gasteiger partial charge in [0.25, 0.3) is 0 Å². The van der Waals surface area contributed by atoms with Gasteiger partial charge in [-0.25, -0.2) is 4.79 Å². The predicted octanol–water partition coefficient (Wildman–Crippen LogP) is 3.64. The SMILES string of the molecule is CCCCNC(=O)N(CC(C)C)C(CC)CC. The summed E-state index contributed by atoms with van der Waals surface area (Å²) >= 11 is 0. The Hall–Kier alpha value is -0.730. The molecule has 0 aliphatic rings. The molecule has 102 valence electrons. The van der Waals surface area contributed by atoms with Crippen LogP contribution in [-0.2, 0) is 0 Å². The van der Waals surface area contributed by atoms with Crippen LogP contribution in [0, 0.1) is 5.92 Å². The van der Waals surface area contributed by atoms with Gasteiger partial charge < -0.3 is 10.2 Å². The van der Waals surface area contributed by atoms with Crippen LogP contribution in [0.15, 0.2) is 0 Å². The molecule has 17 heavy (non-hydrogen) atoms. The van der Waals surface area contributed by atoms with Gasteiger partial charge in [-0.3, -0.25) is 0 Å². The topological polar surface area (TPSA) is 32.3 Å². The standard InChI is InChI=1S/C14H30N2O/c1-6-9-10-15-14(17)16(11-12(4)5)13(7-2)8-3/h12-13H,6-11H2,1-5H3,(H,15,17). The minimum absolute atomic E-state index is 0.112. The van der Waals surface area contributed by atoms with Crippen LogP contribution < -0.4 is 5.32 Å². The summed E-state index contributed by atoms with van der Waals surface area (Å²) in [4.78, 5) is 14.1. The highest BCUT2D eigenvalue weighted by Crippen LogP contribution is 2.11. The Kier molecular flexibility index (Phi) is 8.92. The van der Waals surface area contributed by atoms with Gasteiger partial charge in [-0.15, -0.1) is 0 Å². The third-order valence-electron chi connectivity index (χ3n) is 3.01. The van der Waals surface area contributed by atoms with E-state index in [0.717, 1.165) is 38.8 Å². The monoisotopic (exact) mass is 242 g/mol. The molecule has 0 rings (SSSR count). The van der Waals surface area contributed by atoms with Crippen LogP contribution in [0.2, 0.25) is 0 Å². The van der Waals surface area contributed by atoms with E-state index in [1.807, 2.05) is 4.90 Å². The largest absolute Gasteiger partial charge is 0.338 e. The van der Waals surface area contributed by atoms with E-state index < -0.39 is 0 Å². The van der Waals surface area contributed by atoms with Crippen molar-refractivity contribution in [3.63, 3.8) is 0 Å². The fraction of sp³-hybridized carbons (Fsp3) is 0.929. The number of amides is 2. The van der Waals surface area contributed by atoms with Crippen molar-refractivity contribution in [1.29, 1.82) is 0 Å². The first-order valence-electron chi connectivity index (χ1n) is 7.11. The van der Waals surface area contributed by atoms with Gasteiger partial charge in [-0.2, -0.15) is 0 Å². The molecule has 0 heterocycles. The van der Waals surface area contributed by atoms with Crippen LogP contribution >= 0.6 is 0 Å². The number of carbonyl (C=O) groups is 1. The van der Waals surface area contributed by atoms with E-state index >= 15 is 0 Å². The zero-order valence-corrected chi connectivity index (χ0v) is 12.3. The van der Waals surface area contributed by atoms with Gasteiger partial charge in [-0.05, 0) is 25.2 Å². The Morgan fingerprint density at radius 1 is 1.18 bits per heavy atom. The molecule has 0 aliphatic heterocycles. The second-order valence-corrected chi connectivity index (χ2v) is 5.10. The second-order valence-electron chi connectivity index (χ2n) is 5.10. The first kappa shape index (κ1) is 16.3. The van der Waals surface area contributed by atoms with E-state index in [1.54, 1.807) is 0 Å². The molecule has 0 fully saturated rings. The average molecular weight is 242 g/mol. The third kappa shape index (κ3) is 6.54. The van der Waals surface area contributed by atoms with Gasteiger partial charge >= 0.3 is 6.03 Å². The molecule has 1 N–H and O–H groups in total. The summed E-state index contributed by atoms with van der Waals surface area (Å²) in [7, 11) is 0. The Balaban J connectivity index is 4.38. The summed E-state index contributed by atoms with van der Waals surface area (Å²) in [5, 5.41) is 3.03. The fourth-order valence-electron chi connectivity index (χ4n) is 1.99. The van der Waals surface area contributed by atoms with Crippen LogP contribution in [0.5, 0.6) is 0 Å². The summed E-state index contributed by atoms with van der Waals surface area (Å²) < 4.78 is 0. The number of nitrogens with one attached hydrogen (secondary N) is 1. The lowest BCUT2D eigenvalue weighted by atomic mass is 10.1. The number of carbonyl (C=O) groups excluding carboxylic acids is 1. The Morgan fingerprint density at radius 3 is 2.18 bits per heavy atom. The average Bonchev–Trinajstić information content (AvgIpc) is 2.29. The fourth-order valence-corrected chi connectivity index (χ4v) is 1.99. The summed E-state index contributed by atoms with van der Waals surface area (Å²) in [6, 6.07) is 0.486. The van der Waals surface area contributed by atoms with Crippen molar-refractivity contribution in [3.05, 3.63) is 0 Å². The smallest absolute Gasteiger partial charge is 0.317 e. The summed E-state index contributed by atoms with van der Waals surface area (Å²) in [5.41, 5.74) is 0. The first-order chi connectivity index (χ1) is 8.06. The van der Waals surface area contributed by atoms with Crippen molar-refractivity contribution in [1.82, 2.24) is 10.2 Å². The lowest BCUT2D eigenvalue weighted by Crippen LogP contribution is -2.47. The molecule has 0 aromatic heterocycles. The summed E-state index contributed by atoms with van der Waals surface area (Å²) in [6.45, 7) is 12.4. The van der Waals surface area contributed by atoms with Crippen molar-refractivity contribution >= 4 is 6.03 Å². The highest BCUT2D eigenvalue weighted by molar-refractivity contribution is 5.74. The van der Waals surface area contributed by atoms with Crippen LogP contribution in [0.25, 0.3) is 0 Å². The molecule has 0 aromatic carbocycles. The zero-order chi connectivity index (χ0) is 13.3. The van der Waals surface area contributed by atoms with Gasteiger partial charge in [0.2, 0.25) is 0 Å². The molecule has 0 saturated heterocycles. The van der Waals surface area contributed by atoms with E-state index in [4.69, 9.17) is 0 Å². The molecule has 0 aliphatic carbocycles. The third-order valence-corrected chi connectivity index (χ3v) is 3.01. The Labute approximate surface area is 107 Å². The number of rotatable bonds is 8. The molecule has 0 aromatic rings. The minimum Gasteiger partial charge on any atom is -0.338 e. The second kappa shape index (κ2) is 9.32. The minimum atomic E-state index is 0.112. The maximum absolute atomic E-state index is 12.1. The molecule has 0 bridgehead atoms. The quantitative estimate of drug-likeness (QED) is 0.647. The van der Waals surface area contributed by atoms with E-state index in [9.17, 15) is 4.79 Å². The Bertz CT molecular complexity index is 200. The number of hydrogen-bond donors (Lipinski definition) is 1. The lowest BCUT2D eigenvalue weighted by molar-refractivity contribution is 0.160. The number of unbranched alkanes of at least 4 members (excludes halogenated alkanes) is 1. The van der Waals surface area contributed by atoms with Gasteiger partial charge in [-0.1, -0.05) is 41.0 Å². The number of hydrogen-bond acceptors (Lipinski definition) is 1. The molecular formula is C14H30N2O. The van der Waals surface area contributed by atoms with E-state index in [2.05, 4.69) is 39.9 Å². The van der Waals surface area contributed by atoms with Crippen molar-refractivity contribution in [2.75, 3.05) is 13.1 Å². The van der Waals surface area contributed by atoms with Gasteiger partial charge in [0.05, 0.1) is 0 Å². The first-order valence-corrected chi connectivity index (χ1v) is 7.11. The number of nitrogens with zero attached hydrogens (tertiary/aromatic N) is 1. The van der Waals surface area contributed by atoms with Crippen LogP contribution in [-0.4, -0.2) is 30.1 Å². The number of urea groups is 1. The predicted molar refractivity (Wildman–Crippen MR) is 74.2 cm³/mol. The highest BCUT2D eigenvalue weighted by atomic mass is 16.2. The summed E-state index contributed by atoms with van der Waals surface area (Å²) in [5.74, 6) is 0.521. The van der Waals surface area contributed by atoms with Crippen LogP contribution in [0.3, 0.4) is 0 Å². The van der Waals surface area contributed by atoms with Crippen molar-refractivity contribution in [2.45, 2.75) is 66.3 Å². The van der Waals surface area contributed by atoms with Crippen molar-refractivity contribution < 1.29 is 4.79 Å². The molecule has 3 heteroatoms. The normalized spacial score (nSPS) is 11.0. The van der Waals surface area contributed by atoms with Gasteiger partial charge in [0.15, 0.2) is 0 Å². The van der Waals surface area contributed by atoms with Gasteiger partial charge in [0.1, 0.15) is 0 Å². The maximum Gasteiger partial charge on any atom is 0.317 e. The van der Waals surface area contributed by atoms with E-state index in [1.165, 1.54) is 0 Å². The van der Waals surface area contributed by atoms with Crippen LogP contribution in [0.4, 0.5) is 4.79 Å².